The highest BCUT2D eigenvalue weighted by molar-refractivity contribution is 5.75. The largest absolute Gasteiger partial charge is 0.475 e. The molecular formula is C10H14N4O4. The first-order valence-electron chi connectivity index (χ1n) is 5.22. The normalized spacial score (nSPS) is 9.83. The molecule has 1 rings (SSSR count). The highest BCUT2D eigenvalue weighted by atomic mass is 16.6. The van der Waals surface area contributed by atoms with Crippen LogP contribution in [0, 0.1) is 10.1 Å². The fourth-order valence-electron chi connectivity index (χ4n) is 1.27. The molecule has 8 heteroatoms. The van der Waals surface area contributed by atoms with Crippen LogP contribution in [0.3, 0.4) is 0 Å². The Morgan fingerprint density at radius 2 is 2.50 bits per heavy atom. The second kappa shape index (κ2) is 6.38. The lowest BCUT2D eigenvalue weighted by atomic mass is 10.4. The summed E-state index contributed by atoms with van der Waals surface area (Å²) in [6.45, 7) is 4.11. The molecule has 18 heavy (non-hydrogen) atoms. The molecule has 0 bridgehead atoms. The van der Waals surface area contributed by atoms with E-state index in [1.54, 1.807) is 6.08 Å². The van der Waals surface area contributed by atoms with Crippen molar-refractivity contribution in [2.75, 3.05) is 13.7 Å². The zero-order valence-electron chi connectivity index (χ0n) is 9.96. The van der Waals surface area contributed by atoms with Crippen LogP contribution >= 0.6 is 0 Å². The first-order chi connectivity index (χ1) is 8.58. The van der Waals surface area contributed by atoms with Crippen LogP contribution in [0.25, 0.3) is 0 Å². The number of aryl methyl sites for hydroxylation is 1. The fourth-order valence-corrected chi connectivity index (χ4v) is 1.27. The van der Waals surface area contributed by atoms with Crippen molar-refractivity contribution in [3.05, 3.63) is 29.0 Å². The molecule has 1 aromatic heterocycles. The van der Waals surface area contributed by atoms with Gasteiger partial charge in [0.1, 0.15) is 6.20 Å². The summed E-state index contributed by atoms with van der Waals surface area (Å²) in [5, 5.41) is 17.1. The number of hydrogen-bond acceptors (Lipinski definition) is 5. The van der Waals surface area contributed by atoms with Gasteiger partial charge in [0.2, 0.25) is 5.91 Å². The molecule has 1 heterocycles. The van der Waals surface area contributed by atoms with Crippen molar-refractivity contribution in [2.24, 2.45) is 0 Å². The molecule has 0 aliphatic rings. The van der Waals surface area contributed by atoms with Crippen LogP contribution < -0.4 is 10.1 Å². The first kappa shape index (κ1) is 13.7. The number of nitro groups is 1. The molecule has 1 amide bonds. The number of nitrogens with zero attached hydrogens (tertiary/aromatic N) is 3. The summed E-state index contributed by atoms with van der Waals surface area (Å²) < 4.78 is 6.08. The van der Waals surface area contributed by atoms with Gasteiger partial charge in [-0.05, 0) is 0 Å². The summed E-state index contributed by atoms with van der Waals surface area (Å²) >= 11 is 0. The zero-order valence-corrected chi connectivity index (χ0v) is 9.96. The number of carbonyl (C=O) groups excluding carboxylic acids is 1. The molecule has 0 aliphatic carbocycles. The minimum absolute atomic E-state index is 0.0634. The molecule has 0 aliphatic heterocycles. The summed E-state index contributed by atoms with van der Waals surface area (Å²) in [5.41, 5.74) is -0.219. The van der Waals surface area contributed by atoms with E-state index in [9.17, 15) is 14.9 Å². The Balaban J connectivity index is 2.60. The van der Waals surface area contributed by atoms with Crippen LogP contribution in [-0.4, -0.2) is 34.3 Å². The standard InChI is InChI=1S/C10H14N4O4/c1-3-5-11-9(15)4-6-13-7-8(14(16)17)10(12-13)18-2/h3,7H,1,4-6H2,2H3,(H,11,15). The number of rotatable bonds is 7. The number of nitrogens with one attached hydrogen (secondary N) is 1. The Morgan fingerprint density at radius 3 is 3.00 bits per heavy atom. The molecule has 0 radical (unpaired) electrons. The van der Waals surface area contributed by atoms with Crippen LogP contribution in [0.1, 0.15) is 6.42 Å². The Hall–Kier alpha value is -2.38. The lowest BCUT2D eigenvalue weighted by Crippen LogP contribution is -2.24. The summed E-state index contributed by atoms with van der Waals surface area (Å²) in [7, 11) is 1.30. The monoisotopic (exact) mass is 254 g/mol. The molecule has 1 aromatic rings. The van der Waals surface area contributed by atoms with Gasteiger partial charge in [-0.1, -0.05) is 6.08 Å². The van der Waals surface area contributed by atoms with Gasteiger partial charge in [-0.25, -0.2) is 0 Å². The van der Waals surface area contributed by atoms with E-state index in [1.165, 1.54) is 18.0 Å². The van der Waals surface area contributed by atoms with Crippen molar-refractivity contribution in [1.29, 1.82) is 0 Å². The van der Waals surface area contributed by atoms with Crippen LogP contribution in [0.15, 0.2) is 18.9 Å². The molecule has 0 unspecified atom stereocenters. The molecule has 0 aromatic carbocycles. The number of aromatic nitrogens is 2. The average Bonchev–Trinajstić information content (AvgIpc) is 2.77. The number of carbonyl (C=O) groups is 1. The Morgan fingerprint density at radius 1 is 1.78 bits per heavy atom. The fraction of sp³-hybridized carbons (Fsp3) is 0.400. The quantitative estimate of drug-likeness (QED) is 0.433. The second-order valence-corrected chi connectivity index (χ2v) is 3.39. The third-order valence-electron chi connectivity index (χ3n) is 2.11. The van der Waals surface area contributed by atoms with E-state index in [0.717, 1.165) is 0 Å². The molecule has 0 saturated heterocycles. The minimum atomic E-state index is -0.583. The van der Waals surface area contributed by atoms with Crippen molar-refractivity contribution in [2.45, 2.75) is 13.0 Å². The molecule has 98 valence electrons. The lowest BCUT2D eigenvalue weighted by molar-refractivity contribution is -0.385. The predicted molar refractivity (Wildman–Crippen MR) is 63.3 cm³/mol. The Kier molecular flexibility index (Phi) is 4.85. The van der Waals surface area contributed by atoms with E-state index in [-0.39, 0.29) is 30.4 Å². The van der Waals surface area contributed by atoms with Crippen molar-refractivity contribution < 1.29 is 14.5 Å². The smallest absolute Gasteiger partial charge is 0.350 e. The van der Waals surface area contributed by atoms with E-state index >= 15 is 0 Å². The maximum Gasteiger partial charge on any atom is 0.350 e. The van der Waals surface area contributed by atoms with Crippen LogP contribution in [0.5, 0.6) is 5.88 Å². The summed E-state index contributed by atoms with van der Waals surface area (Å²) in [6, 6.07) is 0. The van der Waals surface area contributed by atoms with Crippen molar-refractivity contribution in [1.82, 2.24) is 15.1 Å². The summed E-state index contributed by atoms with van der Waals surface area (Å²) in [6.07, 6.45) is 2.98. The molecule has 0 saturated carbocycles. The third-order valence-corrected chi connectivity index (χ3v) is 2.11. The molecular weight excluding hydrogens is 240 g/mol. The maximum atomic E-state index is 11.3. The summed E-state index contributed by atoms with van der Waals surface area (Å²) in [4.78, 5) is 21.4. The molecule has 0 spiro atoms. The third kappa shape index (κ3) is 3.58. The van der Waals surface area contributed by atoms with Gasteiger partial charge < -0.3 is 10.1 Å². The highest BCUT2D eigenvalue weighted by Gasteiger charge is 2.20. The Labute approximate surface area is 103 Å². The Bertz CT molecular complexity index is 455. The van der Waals surface area contributed by atoms with Gasteiger partial charge in [0.05, 0.1) is 18.6 Å². The van der Waals surface area contributed by atoms with Crippen molar-refractivity contribution in [3.8, 4) is 5.88 Å². The second-order valence-electron chi connectivity index (χ2n) is 3.39. The zero-order chi connectivity index (χ0) is 13.5. The number of ether oxygens (including phenoxy) is 1. The van der Waals surface area contributed by atoms with E-state index < -0.39 is 4.92 Å². The van der Waals surface area contributed by atoms with Crippen molar-refractivity contribution >= 4 is 11.6 Å². The number of methoxy groups -OCH3 is 1. The average molecular weight is 254 g/mol. The van der Waals surface area contributed by atoms with Gasteiger partial charge in [0.25, 0.3) is 0 Å². The molecule has 1 N–H and O–H groups in total. The van der Waals surface area contributed by atoms with E-state index in [4.69, 9.17) is 4.74 Å². The van der Waals surface area contributed by atoms with E-state index in [0.29, 0.717) is 6.54 Å². The van der Waals surface area contributed by atoms with Crippen molar-refractivity contribution in [3.63, 3.8) is 0 Å². The van der Waals surface area contributed by atoms with Crippen LogP contribution in [0.4, 0.5) is 5.69 Å². The minimum Gasteiger partial charge on any atom is -0.475 e. The lowest BCUT2D eigenvalue weighted by Gasteiger charge is -2.01. The number of hydrogen-bond donors (Lipinski definition) is 1. The van der Waals surface area contributed by atoms with Gasteiger partial charge >= 0.3 is 11.6 Å². The molecule has 8 nitrogen and oxygen atoms in total. The SMILES string of the molecule is C=CCNC(=O)CCn1cc([N+](=O)[O-])c(OC)n1. The topological polar surface area (TPSA) is 99.3 Å². The molecule has 0 atom stereocenters. The van der Waals surface area contributed by atoms with Gasteiger partial charge in [-0.3, -0.25) is 19.6 Å². The molecule has 0 fully saturated rings. The van der Waals surface area contributed by atoms with Gasteiger partial charge in [0.15, 0.2) is 0 Å². The number of amides is 1. The van der Waals surface area contributed by atoms with Gasteiger partial charge in [0, 0.05) is 13.0 Å². The predicted octanol–water partition coefficient (Wildman–Crippen LogP) is 0.492. The first-order valence-corrected chi connectivity index (χ1v) is 5.22. The highest BCUT2D eigenvalue weighted by Crippen LogP contribution is 2.23. The van der Waals surface area contributed by atoms with Crippen LogP contribution in [-0.2, 0) is 11.3 Å². The maximum absolute atomic E-state index is 11.3. The summed E-state index contributed by atoms with van der Waals surface area (Å²) in [5.74, 6) is -0.237. The van der Waals surface area contributed by atoms with Crippen LogP contribution in [0.2, 0.25) is 0 Å². The van der Waals surface area contributed by atoms with E-state index in [1.807, 2.05) is 0 Å². The van der Waals surface area contributed by atoms with E-state index in [2.05, 4.69) is 17.0 Å². The van der Waals surface area contributed by atoms with Gasteiger partial charge in [-0.2, -0.15) is 0 Å². The van der Waals surface area contributed by atoms with Gasteiger partial charge in [-0.15, -0.1) is 11.7 Å².